The summed E-state index contributed by atoms with van der Waals surface area (Å²) in [5.41, 5.74) is 1.62. The number of nitrogens with one attached hydrogen (secondary N) is 1. The Morgan fingerprint density at radius 3 is 2.14 bits per heavy atom. The Bertz CT molecular complexity index is 798. The van der Waals surface area contributed by atoms with E-state index in [0.717, 1.165) is 5.56 Å². The minimum atomic E-state index is -0.331. The number of rotatable bonds is 3. The van der Waals surface area contributed by atoms with Crippen molar-refractivity contribution >= 4 is 34.9 Å². The molecule has 3 rings (SSSR count). The van der Waals surface area contributed by atoms with E-state index in [1.165, 1.54) is 0 Å². The van der Waals surface area contributed by atoms with Crippen LogP contribution in [-0.4, -0.2) is 16.2 Å². The molecule has 0 radical (unpaired) electrons. The summed E-state index contributed by atoms with van der Waals surface area (Å²) in [5, 5.41) is 11.4. The number of carbonyl (C=O) groups is 1. The fourth-order valence-corrected chi connectivity index (χ4v) is 2.10. The second-order valence-electron chi connectivity index (χ2n) is 4.43. The second kappa shape index (κ2) is 6.17. The number of nitrogens with zero attached hydrogens (tertiary/aromatic N) is 2. The lowest BCUT2D eigenvalue weighted by atomic mass is 10.1. The Balaban J connectivity index is 1.84. The van der Waals surface area contributed by atoms with Crippen LogP contribution in [0.3, 0.4) is 0 Å². The van der Waals surface area contributed by atoms with Crippen LogP contribution in [0.4, 0.5) is 5.82 Å². The molecular formula is C15H9Cl2N3O2. The minimum absolute atomic E-state index is 0.238. The highest BCUT2D eigenvalue weighted by molar-refractivity contribution is 6.31. The van der Waals surface area contributed by atoms with Crippen LogP contribution >= 0.6 is 23.2 Å². The first kappa shape index (κ1) is 14.6. The van der Waals surface area contributed by atoms with Crippen molar-refractivity contribution in [3.63, 3.8) is 0 Å². The van der Waals surface area contributed by atoms with Crippen LogP contribution in [0.1, 0.15) is 10.4 Å². The number of anilines is 1. The zero-order chi connectivity index (χ0) is 15.5. The van der Waals surface area contributed by atoms with E-state index in [9.17, 15) is 4.79 Å². The molecule has 2 aromatic carbocycles. The highest BCUT2D eigenvalue weighted by Crippen LogP contribution is 2.26. The summed E-state index contributed by atoms with van der Waals surface area (Å²) in [4.78, 5) is 12.2. The van der Waals surface area contributed by atoms with Gasteiger partial charge in [-0.2, -0.15) is 0 Å². The third kappa shape index (κ3) is 3.10. The maximum atomic E-state index is 12.2. The number of hydrogen-bond acceptors (Lipinski definition) is 4. The number of hydrogen-bond donors (Lipinski definition) is 1. The Morgan fingerprint density at radius 2 is 1.50 bits per heavy atom. The topological polar surface area (TPSA) is 68.0 Å². The predicted octanol–water partition coefficient (Wildman–Crippen LogP) is 4.30. The van der Waals surface area contributed by atoms with Crippen LogP contribution in [0.2, 0.25) is 10.0 Å². The zero-order valence-corrected chi connectivity index (χ0v) is 12.6. The van der Waals surface area contributed by atoms with Gasteiger partial charge in [0.2, 0.25) is 5.82 Å². The minimum Gasteiger partial charge on any atom is -0.302 e. The standard InChI is InChI=1S/C15H9Cl2N3O2/c16-11-5-1-9(2-6-11)13-14(20-22-19-13)18-15(21)10-3-7-12(17)8-4-10/h1-8H,(H,18,20,21). The second-order valence-corrected chi connectivity index (χ2v) is 5.30. The Morgan fingerprint density at radius 1 is 0.909 bits per heavy atom. The van der Waals surface area contributed by atoms with Gasteiger partial charge in [0.1, 0.15) is 0 Å². The Hall–Kier alpha value is -2.37. The third-order valence-corrected chi connectivity index (χ3v) is 3.45. The van der Waals surface area contributed by atoms with Crippen LogP contribution in [0, 0.1) is 0 Å². The van der Waals surface area contributed by atoms with E-state index in [-0.39, 0.29) is 11.7 Å². The van der Waals surface area contributed by atoms with Crippen molar-refractivity contribution in [3.05, 3.63) is 64.1 Å². The lowest BCUT2D eigenvalue weighted by Crippen LogP contribution is -2.12. The summed E-state index contributed by atoms with van der Waals surface area (Å²) in [6.45, 7) is 0. The van der Waals surface area contributed by atoms with Crippen molar-refractivity contribution in [2.45, 2.75) is 0 Å². The quantitative estimate of drug-likeness (QED) is 0.776. The van der Waals surface area contributed by atoms with Gasteiger partial charge in [-0.15, -0.1) is 0 Å². The average molecular weight is 334 g/mol. The number of amides is 1. The Labute approximate surface area is 135 Å². The van der Waals surface area contributed by atoms with Crippen molar-refractivity contribution in [2.24, 2.45) is 0 Å². The van der Waals surface area contributed by atoms with Crippen molar-refractivity contribution in [2.75, 3.05) is 5.32 Å². The first-order valence-corrected chi connectivity index (χ1v) is 7.04. The van der Waals surface area contributed by atoms with Gasteiger partial charge in [-0.3, -0.25) is 4.79 Å². The SMILES string of the molecule is O=C(Nc1nonc1-c1ccc(Cl)cc1)c1ccc(Cl)cc1. The van der Waals surface area contributed by atoms with Gasteiger partial charge < -0.3 is 5.32 Å². The highest BCUT2D eigenvalue weighted by atomic mass is 35.5. The molecular weight excluding hydrogens is 325 g/mol. The van der Waals surface area contributed by atoms with E-state index < -0.39 is 0 Å². The lowest BCUT2D eigenvalue weighted by molar-refractivity contribution is 0.102. The molecule has 0 unspecified atom stereocenters. The number of aromatic nitrogens is 2. The number of benzene rings is 2. The van der Waals surface area contributed by atoms with Crippen molar-refractivity contribution in [3.8, 4) is 11.3 Å². The van der Waals surface area contributed by atoms with Gasteiger partial charge in [-0.05, 0) is 46.7 Å². The molecule has 0 aliphatic rings. The first-order chi connectivity index (χ1) is 10.6. The van der Waals surface area contributed by atoms with Crippen LogP contribution < -0.4 is 5.32 Å². The van der Waals surface area contributed by atoms with Gasteiger partial charge in [0.15, 0.2) is 5.69 Å². The molecule has 1 heterocycles. The summed E-state index contributed by atoms with van der Waals surface area (Å²) in [6.07, 6.45) is 0. The van der Waals surface area contributed by atoms with Gasteiger partial charge in [-0.1, -0.05) is 35.3 Å². The monoisotopic (exact) mass is 333 g/mol. The van der Waals surface area contributed by atoms with Crippen LogP contribution in [0.15, 0.2) is 53.2 Å². The largest absolute Gasteiger partial charge is 0.302 e. The molecule has 1 aromatic heterocycles. The fraction of sp³-hybridized carbons (Fsp3) is 0. The van der Waals surface area contributed by atoms with E-state index in [2.05, 4.69) is 15.6 Å². The summed E-state index contributed by atoms with van der Waals surface area (Å²) in [6, 6.07) is 13.5. The molecule has 0 fully saturated rings. The van der Waals surface area contributed by atoms with E-state index in [1.54, 1.807) is 48.5 Å². The molecule has 5 nitrogen and oxygen atoms in total. The van der Waals surface area contributed by atoms with Gasteiger partial charge in [0.05, 0.1) is 0 Å². The van der Waals surface area contributed by atoms with Crippen molar-refractivity contribution in [1.29, 1.82) is 0 Å². The molecule has 0 saturated carbocycles. The molecule has 3 aromatic rings. The van der Waals surface area contributed by atoms with E-state index in [0.29, 0.717) is 21.3 Å². The summed E-state index contributed by atoms with van der Waals surface area (Å²) >= 11 is 11.6. The van der Waals surface area contributed by atoms with Crippen LogP contribution in [0.25, 0.3) is 11.3 Å². The first-order valence-electron chi connectivity index (χ1n) is 6.29. The molecule has 0 bridgehead atoms. The van der Waals surface area contributed by atoms with Crippen LogP contribution in [0.5, 0.6) is 0 Å². The number of carbonyl (C=O) groups excluding carboxylic acids is 1. The van der Waals surface area contributed by atoms with Gasteiger partial charge in [0, 0.05) is 21.2 Å². The van der Waals surface area contributed by atoms with E-state index >= 15 is 0 Å². The maximum Gasteiger partial charge on any atom is 0.256 e. The fourth-order valence-electron chi connectivity index (χ4n) is 1.85. The predicted molar refractivity (Wildman–Crippen MR) is 84.1 cm³/mol. The molecule has 0 saturated heterocycles. The van der Waals surface area contributed by atoms with E-state index in [4.69, 9.17) is 27.8 Å². The third-order valence-electron chi connectivity index (χ3n) is 2.94. The van der Waals surface area contributed by atoms with Gasteiger partial charge in [-0.25, -0.2) is 4.63 Å². The van der Waals surface area contributed by atoms with Crippen molar-refractivity contribution in [1.82, 2.24) is 10.3 Å². The lowest BCUT2D eigenvalue weighted by Gasteiger charge is -2.03. The molecule has 0 aliphatic carbocycles. The molecule has 1 amide bonds. The molecule has 110 valence electrons. The molecule has 22 heavy (non-hydrogen) atoms. The Kier molecular flexibility index (Phi) is 4.09. The highest BCUT2D eigenvalue weighted by Gasteiger charge is 2.16. The summed E-state index contributed by atoms with van der Waals surface area (Å²) < 4.78 is 4.72. The normalized spacial score (nSPS) is 10.5. The van der Waals surface area contributed by atoms with Crippen LogP contribution in [-0.2, 0) is 0 Å². The molecule has 7 heteroatoms. The summed E-state index contributed by atoms with van der Waals surface area (Å²) in [5.74, 6) is -0.0927. The molecule has 0 aliphatic heterocycles. The molecule has 0 atom stereocenters. The van der Waals surface area contributed by atoms with Gasteiger partial charge in [0.25, 0.3) is 5.91 Å². The average Bonchev–Trinajstić information content (AvgIpc) is 2.97. The zero-order valence-electron chi connectivity index (χ0n) is 11.1. The maximum absolute atomic E-state index is 12.2. The molecule has 0 spiro atoms. The van der Waals surface area contributed by atoms with E-state index in [1.807, 2.05) is 0 Å². The van der Waals surface area contributed by atoms with Crippen molar-refractivity contribution < 1.29 is 9.42 Å². The smallest absolute Gasteiger partial charge is 0.256 e. The number of halogens is 2. The van der Waals surface area contributed by atoms with Gasteiger partial charge >= 0.3 is 0 Å². The summed E-state index contributed by atoms with van der Waals surface area (Å²) in [7, 11) is 0. The molecule has 1 N–H and O–H groups in total.